The third-order valence-corrected chi connectivity index (χ3v) is 4.33. The van der Waals surface area contributed by atoms with Crippen molar-refractivity contribution in [2.24, 2.45) is 5.92 Å². The van der Waals surface area contributed by atoms with Crippen molar-refractivity contribution in [1.82, 2.24) is 5.32 Å². The Bertz CT molecular complexity index is 362. The van der Waals surface area contributed by atoms with E-state index in [2.05, 4.69) is 31.4 Å². The minimum absolute atomic E-state index is 0.450. The average molecular weight is 266 g/mol. The van der Waals surface area contributed by atoms with Crippen LogP contribution in [0.5, 0.6) is 0 Å². The van der Waals surface area contributed by atoms with Crippen molar-refractivity contribution in [2.75, 3.05) is 7.05 Å². The van der Waals surface area contributed by atoms with Gasteiger partial charge in [0, 0.05) is 11.1 Å². The van der Waals surface area contributed by atoms with E-state index in [0.29, 0.717) is 6.04 Å². The van der Waals surface area contributed by atoms with E-state index in [1.165, 1.54) is 49.7 Å². The number of nitrogens with one attached hydrogen (secondary N) is 1. The fourth-order valence-electron chi connectivity index (χ4n) is 3.14. The lowest BCUT2D eigenvalue weighted by Crippen LogP contribution is -2.21. The molecule has 0 saturated heterocycles. The second-order valence-electron chi connectivity index (χ2n) is 5.64. The average Bonchev–Trinajstić information content (AvgIpc) is 2.36. The molecule has 0 bridgehead atoms. The molecule has 1 aromatic carbocycles. The molecule has 1 fully saturated rings. The quantitative estimate of drug-likeness (QED) is 0.818. The molecule has 2 heteroatoms. The molecule has 0 aliphatic heterocycles. The summed E-state index contributed by atoms with van der Waals surface area (Å²) in [5, 5.41) is 4.32. The first kappa shape index (κ1) is 13.9. The number of halogens is 1. The van der Waals surface area contributed by atoms with E-state index >= 15 is 0 Å². The van der Waals surface area contributed by atoms with Crippen LogP contribution in [0.3, 0.4) is 0 Å². The summed E-state index contributed by atoms with van der Waals surface area (Å²) >= 11 is 6.17. The van der Waals surface area contributed by atoms with Crippen molar-refractivity contribution >= 4 is 11.6 Å². The first-order chi connectivity index (χ1) is 8.69. The third kappa shape index (κ3) is 3.73. The first-order valence-corrected chi connectivity index (χ1v) is 7.51. The Labute approximate surface area is 116 Å². The Balaban J connectivity index is 2.06. The van der Waals surface area contributed by atoms with Crippen LogP contribution in [0.4, 0.5) is 0 Å². The lowest BCUT2D eigenvalue weighted by molar-refractivity contribution is 0.306. The van der Waals surface area contributed by atoms with Crippen LogP contribution in [0.1, 0.15) is 55.7 Å². The van der Waals surface area contributed by atoms with Crippen LogP contribution >= 0.6 is 11.6 Å². The van der Waals surface area contributed by atoms with E-state index in [1.807, 2.05) is 6.07 Å². The Morgan fingerprint density at radius 2 is 1.94 bits per heavy atom. The second kappa shape index (κ2) is 6.58. The standard InChI is InChI=1S/C16H24ClN/c1-12-8-14(11-15(17)9-12)16(18-2)10-13-6-4-3-5-7-13/h8-9,11,13,16,18H,3-7,10H2,1-2H3. The van der Waals surface area contributed by atoms with Gasteiger partial charge in [-0.3, -0.25) is 0 Å². The molecule has 1 unspecified atom stereocenters. The molecule has 0 aromatic heterocycles. The summed E-state index contributed by atoms with van der Waals surface area (Å²) in [5.41, 5.74) is 2.59. The van der Waals surface area contributed by atoms with Crippen LogP contribution < -0.4 is 5.32 Å². The molecule has 1 nitrogen and oxygen atoms in total. The first-order valence-electron chi connectivity index (χ1n) is 7.13. The second-order valence-corrected chi connectivity index (χ2v) is 6.08. The lowest BCUT2D eigenvalue weighted by Gasteiger charge is -2.27. The largest absolute Gasteiger partial charge is 0.313 e. The fourth-order valence-corrected chi connectivity index (χ4v) is 3.44. The molecule has 1 N–H and O–H groups in total. The van der Waals surface area contributed by atoms with Gasteiger partial charge in [0.2, 0.25) is 0 Å². The van der Waals surface area contributed by atoms with E-state index in [4.69, 9.17) is 11.6 Å². The van der Waals surface area contributed by atoms with E-state index < -0.39 is 0 Å². The van der Waals surface area contributed by atoms with Crippen LogP contribution in [0.2, 0.25) is 5.02 Å². The van der Waals surface area contributed by atoms with Gasteiger partial charge in [-0.1, -0.05) is 49.8 Å². The van der Waals surface area contributed by atoms with Crippen molar-refractivity contribution in [3.8, 4) is 0 Å². The van der Waals surface area contributed by atoms with Crippen molar-refractivity contribution in [3.63, 3.8) is 0 Å². The summed E-state index contributed by atoms with van der Waals surface area (Å²) < 4.78 is 0. The SMILES string of the molecule is CNC(CC1CCCCC1)c1cc(C)cc(Cl)c1. The highest BCUT2D eigenvalue weighted by molar-refractivity contribution is 6.30. The summed E-state index contributed by atoms with van der Waals surface area (Å²) in [6.07, 6.45) is 8.30. The number of aryl methyl sites for hydroxylation is 1. The third-order valence-electron chi connectivity index (χ3n) is 4.11. The molecule has 0 heterocycles. The number of rotatable bonds is 4. The Morgan fingerprint density at radius 3 is 2.56 bits per heavy atom. The molecule has 0 amide bonds. The summed E-state index contributed by atoms with van der Waals surface area (Å²) in [7, 11) is 2.06. The van der Waals surface area contributed by atoms with Gasteiger partial charge in [-0.15, -0.1) is 0 Å². The number of hydrogen-bond donors (Lipinski definition) is 1. The van der Waals surface area contributed by atoms with Gasteiger partial charge in [0.05, 0.1) is 0 Å². The highest BCUT2D eigenvalue weighted by Crippen LogP contribution is 2.32. The number of hydrogen-bond acceptors (Lipinski definition) is 1. The Morgan fingerprint density at radius 1 is 1.22 bits per heavy atom. The van der Waals surface area contributed by atoms with E-state index in [1.54, 1.807) is 0 Å². The predicted molar refractivity (Wildman–Crippen MR) is 79.2 cm³/mol. The van der Waals surface area contributed by atoms with Crippen LogP contribution in [-0.2, 0) is 0 Å². The van der Waals surface area contributed by atoms with Crippen LogP contribution in [0, 0.1) is 12.8 Å². The minimum Gasteiger partial charge on any atom is -0.313 e. The molecule has 18 heavy (non-hydrogen) atoms. The summed E-state index contributed by atoms with van der Waals surface area (Å²) in [6, 6.07) is 6.85. The van der Waals surface area contributed by atoms with Crippen LogP contribution in [0.15, 0.2) is 18.2 Å². The van der Waals surface area contributed by atoms with E-state index in [-0.39, 0.29) is 0 Å². The maximum Gasteiger partial charge on any atom is 0.0411 e. The van der Waals surface area contributed by atoms with E-state index in [9.17, 15) is 0 Å². The van der Waals surface area contributed by atoms with E-state index in [0.717, 1.165) is 10.9 Å². The maximum atomic E-state index is 6.17. The summed E-state index contributed by atoms with van der Waals surface area (Å²) in [5.74, 6) is 0.885. The van der Waals surface area contributed by atoms with Gasteiger partial charge in [-0.25, -0.2) is 0 Å². The summed E-state index contributed by atoms with van der Waals surface area (Å²) in [4.78, 5) is 0. The molecule has 0 radical (unpaired) electrons. The lowest BCUT2D eigenvalue weighted by atomic mass is 9.83. The van der Waals surface area contributed by atoms with Crippen molar-refractivity contribution in [3.05, 3.63) is 34.3 Å². The highest BCUT2D eigenvalue weighted by atomic mass is 35.5. The van der Waals surface area contributed by atoms with Crippen molar-refractivity contribution in [1.29, 1.82) is 0 Å². The Hall–Kier alpha value is -0.530. The van der Waals surface area contributed by atoms with Crippen LogP contribution in [-0.4, -0.2) is 7.05 Å². The predicted octanol–water partition coefficient (Wildman–Crippen LogP) is 4.88. The normalized spacial score (nSPS) is 18.8. The van der Waals surface area contributed by atoms with Crippen molar-refractivity contribution < 1.29 is 0 Å². The van der Waals surface area contributed by atoms with Gasteiger partial charge in [0.15, 0.2) is 0 Å². The molecule has 1 atom stereocenters. The minimum atomic E-state index is 0.450. The van der Waals surface area contributed by atoms with Gasteiger partial charge in [0.25, 0.3) is 0 Å². The molecule has 1 saturated carbocycles. The monoisotopic (exact) mass is 265 g/mol. The topological polar surface area (TPSA) is 12.0 Å². The molecule has 1 aromatic rings. The zero-order valence-electron chi connectivity index (χ0n) is 11.5. The number of benzene rings is 1. The van der Waals surface area contributed by atoms with Gasteiger partial charge < -0.3 is 5.32 Å². The molecule has 2 rings (SSSR count). The summed E-state index contributed by atoms with van der Waals surface area (Å²) in [6.45, 7) is 2.11. The zero-order chi connectivity index (χ0) is 13.0. The van der Waals surface area contributed by atoms with Crippen molar-refractivity contribution in [2.45, 2.75) is 51.5 Å². The fraction of sp³-hybridized carbons (Fsp3) is 0.625. The molecule has 1 aliphatic carbocycles. The highest BCUT2D eigenvalue weighted by Gasteiger charge is 2.19. The molecule has 100 valence electrons. The van der Waals surface area contributed by atoms with Crippen LogP contribution in [0.25, 0.3) is 0 Å². The zero-order valence-corrected chi connectivity index (χ0v) is 12.3. The van der Waals surface area contributed by atoms with Gasteiger partial charge in [-0.05, 0) is 49.6 Å². The molecule has 1 aliphatic rings. The smallest absolute Gasteiger partial charge is 0.0411 e. The molecular formula is C16H24ClN. The maximum absolute atomic E-state index is 6.17. The van der Waals surface area contributed by atoms with Gasteiger partial charge >= 0.3 is 0 Å². The Kier molecular flexibility index (Phi) is 5.08. The molecule has 0 spiro atoms. The van der Waals surface area contributed by atoms with Gasteiger partial charge in [-0.2, -0.15) is 0 Å². The van der Waals surface area contributed by atoms with Gasteiger partial charge in [0.1, 0.15) is 0 Å². The molecular weight excluding hydrogens is 242 g/mol.